The zero-order chi connectivity index (χ0) is 23.1. The molecule has 0 radical (unpaired) electrons. The summed E-state index contributed by atoms with van der Waals surface area (Å²) in [6.07, 6.45) is 0.465. The van der Waals surface area contributed by atoms with Crippen LogP contribution in [0.15, 0.2) is 60.7 Å². The van der Waals surface area contributed by atoms with Gasteiger partial charge in [0.25, 0.3) is 0 Å². The molecule has 0 saturated carbocycles. The van der Waals surface area contributed by atoms with Gasteiger partial charge in [-0.15, -0.1) is 0 Å². The number of hydrogen-bond acceptors (Lipinski definition) is 3. The predicted molar refractivity (Wildman–Crippen MR) is 111 cm³/mol. The van der Waals surface area contributed by atoms with E-state index in [-0.39, 0.29) is 12.3 Å². The molecule has 0 fully saturated rings. The standard InChI is InChI=1S/C25H22F4O3/c1-31-14-19-22(26)24(28)20(25(29)23(19)27)15-32-21(30)13-18(17-10-6-3-7-11-17)12-16-8-4-2-5-9-16/h2-11,18H,12-15H2,1H3/t18-/m1/s1. The molecule has 0 spiro atoms. The first-order valence-corrected chi connectivity index (χ1v) is 9.99. The van der Waals surface area contributed by atoms with Gasteiger partial charge in [-0.3, -0.25) is 4.79 Å². The average Bonchev–Trinajstić information content (AvgIpc) is 2.81. The van der Waals surface area contributed by atoms with Crippen molar-refractivity contribution in [3.05, 3.63) is 106 Å². The van der Waals surface area contributed by atoms with Gasteiger partial charge in [-0.25, -0.2) is 17.6 Å². The van der Waals surface area contributed by atoms with Crippen molar-refractivity contribution in [2.24, 2.45) is 0 Å². The van der Waals surface area contributed by atoms with Crippen LogP contribution in [-0.2, 0) is 33.9 Å². The Morgan fingerprint density at radius 3 is 1.81 bits per heavy atom. The number of ether oxygens (including phenoxy) is 2. The first-order chi connectivity index (χ1) is 15.4. The van der Waals surface area contributed by atoms with Gasteiger partial charge in [0.2, 0.25) is 0 Å². The van der Waals surface area contributed by atoms with Crippen LogP contribution in [0.1, 0.15) is 34.6 Å². The van der Waals surface area contributed by atoms with E-state index in [1.54, 1.807) is 0 Å². The van der Waals surface area contributed by atoms with Crippen molar-refractivity contribution in [2.75, 3.05) is 7.11 Å². The molecular weight excluding hydrogens is 424 g/mol. The minimum Gasteiger partial charge on any atom is -0.461 e. The summed E-state index contributed by atoms with van der Waals surface area (Å²) in [6.45, 7) is -1.56. The molecule has 0 aliphatic heterocycles. The van der Waals surface area contributed by atoms with E-state index in [0.29, 0.717) is 6.42 Å². The van der Waals surface area contributed by atoms with E-state index in [4.69, 9.17) is 4.74 Å². The summed E-state index contributed by atoms with van der Waals surface area (Å²) in [4.78, 5) is 12.5. The van der Waals surface area contributed by atoms with Crippen LogP contribution in [0.2, 0.25) is 0 Å². The minimum atomic E-state index is -1.60. The lowest BCUT2D eigenvalue weighted by Crippen LogP contribution is -2.15. The highest BCUT2D eigenvalue weighted by molar-refractivity contribution is 5.70. The van der Waals surface area contributed by atoms with Crippen LogP contribution in [0.25, 0.3) is 0 Å². The van der Waals surface area contributed by atoms with Gasteiger partial charge in [0.1, 0.15) is 6.61 Å². The molecule has 0 saturated heterocycles. The summed E-state index contributed by atoms with van der Waals surface area (Å²) in [5.41, 5.74) is 0.0629. The van der Waals surface area contributed by atoms with Gasteiger partial charge in [0.05, 0.1) is 24.2 Å². The molecule has 0 aromatic heterocycles. The predicted octanol–water partition coefficient (Wildman–Crippen LogP) is 5.85. The molecule has 3 aromatic rings. The van der Waals surface area contributed by atoms with Crippen LogP contribution in [-0.4, -0.2) is 13.1 Å². The maximum absolute atomic E-state index is 14.3. The lowest BCUT2D eigenvalue weighted by molar-refractivity contribution is -0.145. The van der Waals surface area contributed by atoms with Crippen molar-refractivity contribution in [1.82, 2.24) is 0 Å². The SMILES string of the molecule is COCc1c(F)c(F)c(COC(=O)C[C@@H](Cc2ccccc2)c2ccccc2)c(F)c1F. The monoisotopic (exact) mass is 446 g/mol. The normalized spacial score (nSPS) is 11.9. The van der Waals surface area contributed by atoms with Gasteiger partial charge in [-0.05, 0) is 23.5 Å². The first-order valence-electron chi connectivity index (χ1n) is 9.99. The molecule has 0 heterocycles. The third-order valence-electron chi connectivity index (χ3n) is 5.12. The molecule has 0 aliphatic rings. The maximum atomic E-state index is 14.3. The number of carbonyl (C=O) groups is 1. The van der Waals surface area contributed by atoms with E-state index in [1.165, 1.54) is 0 Å². The van der Waals surface area contributed by atoms with E-state index in [2.05, 4.69) is 4.74 Å². The van der Waals surface area contributed by atoms with Gasteiger partial charge < -0.3 is 9.47 Å². The van der Waals surface area contributed by atoms with Gasteiger partial charge in [0.15, 0.2) is 23.3 Å². The molecule has 3 rings (SSSR count). The van der Waals surface area contributed by atoms with E-state index in [1.807, 2.05) is 60.7 Å². The Hall–Kier alpha value is -3.19. The largest absolute Gasteiger partial charge is 0.461 e. The van der Waals surface area contributed by atoms with Crippen LogP contribution >= 0.6 is 0 Å². The summed E-state index contributed by atoms with van der Waals surface area (Å²) in [6, 6.07) is 18.8. The molecule has 3 nitrogen and oxygen atoms in total. The molecule has 0 N–H and O–H groups in total. The summed E-state index contributed by atoms with van der Waals surface area (Å²) in [5, 5.41) is 0. The van der Waals surface area contributed by atoms with Crippen LogP contribution in [0.4, 0.5) is 17.6 Å². The van der Waals surface area contributed by atoms with Gasteiger partial charge in [0, 0.05) is 7.11 Å². The van der Waals surface area contributed by atoms with Crippen LogP contribution in [0.5, 0.6) is 0 Å². The Labute approximate surface area is 183 Å². The smallest absolute Gasteiger partial charge is 0.306 e. The Morgan fingerprint density at radius 2 is 1.28 bits per heavy atom. The highest BCUT2D eigenvalue weighted by Gasteiger charge is 2.26. The number of hydrogen-bond donors (Lipinski definition) is 0. The van der Waals surface area contributed by atoms with Crippen LogP contribution < -0.4 is 0 Å². The molecule has 0 bridgehead atoms. The number of methoxy groups -OCH3 is 1. The minimum absolute atomic E-state index is 0.0745. The van der Waals surface area contributed by atoms with Crippen molar-refractivity contribution in [2.45, 2.75) is 32.0 Å². The van der Waals surface area contributed by atoms with E-state index in [0.717, 1.165) is 18.2 Å². The zero-order valence-corrected chi connectivity index (χ0v) is 17.4. The molecule has 168 valence electrons. The van der Waals surface area contributed by atoms with Gasteiger partial charge >= 0.3 is 5.97 Å². The molecule has 0 unspecified atom stereocenters. The Kier molecular flexibility index (Phi) is 8.00. The molecular formula is C25H22F4O3. The molecule has 7 heteroatoms. The topological polar surface area (TPSA) is 35.5 Å². The summed E-state index contributed by atoms with van der Waals surface area (Å²) in [7, 11) is 1.14. The van der Waals surface area contributed by atoms with E-state index in [9.17, 15) is 22.4 Å². The van der Waals surface area contributed by atoms with Crippen molar-refractivity contribution < 1.29 is 31.8 Å². The van der Waals surface area contributed by atoms with E-state index >= 15 is 0 Å². The lowest BCUT2D eigenvalue weighted by Gasteiger charge is -2.17. The molecule has 0 amide bonds. The molecule has 32 heavy (non-hydrogen) atoms. The first kappa shape index (κ1) is 23.5. The fraction of sp³-hybridized carbons (Fsp3) is 0.240. The molecule has 1 atom stereocenters. The second kappa shape index (κ2) is 10.9. The number of halogens is 4. The summed E-state index contributed by atoms with van der Waals surface area (Å²) in [5.74, 6) is -7.33. The number of carbonyl (C=O) groups excluding carboxylic acids is 1. The highest BCUT2D eigenvalue weighted by Crippen LogP contribution is 2.27. The third-order valence-corrected chi connectivity index (χ3v) is 5.12. The van der Waals surface area contributed by atoms with Crippen molar-refractivity contribution in [3.8, 4) is 0 Å². The fourth-order valence-electron chi connectivity index (χ4n) is 3.46. The quantitative estimate of drug-likeness (QED) is 0.235. The van der Waals surface area contributed by atoms with E-state index < -0.39 is 53.6 Å². The Bertz CT molecular complexity index is 1030. The Morgan fingerprint density at radius 1 is 0.781 bits per heavy atom. The fourth-order valence-corrected chi connectivity index (χ4v) is 3.46. The van der Waals surface area contributed by atoms with Crippen LogP contribution in [0.3, 0.4) is 0 Å². The average molecular weight is 446 g/mol. The lowest BCUT2D eigenvalue weighted by atomic mass is 9.89. The number of benzene rings is 3. The van der Waals surface area contributed by atoms with Gasteiger partial charge in [-0.2, -0.15) is 0 Å². The van der Waals surface area contributed by atoms with Crippen molar-refractivity contribution in [3.63, 3.8) is 0 Å². The third kappa shape index (κ3) is 5.53. The van der Waals surface area contributed by atoms with Gasteiger partial charge in [-0.1, -0.05) is 60.7 Å². The molecule has 3 aromatic carbocycles. The summed E-state index contributed by atoms with van der Waals surface area (Å²) < 4.78 is 66.3. The van der Waals surface area contributed by atoms with Crippen molar-refractivity contribution in [1.29, 1.82) is 0 Å². The number of rotatable bonds is 9. The maximum Gasteiger partial charge on any atom is 0.306 e. The highest BCUT2D eigenvalue weighted by atomic mass is 19.2. The van der Waals surface area contributed by atoms with Crippen LogP contribution in [0, 0.1) is 23.3 Å². The second-order valence-electron chi connectivity index (χ2n) is 7.31. The summed E-state index contributed by atoms with van der Waals surface area (Å²) >= 11 is 0. The van der Waals surface area contributed by atoms with Crippen molar-refractivity contribution >= 4 is 5.97 Å². The second-order valence-corrected chi connectivity index (χ2v) is 7.31. The number of esters is 1. The zero-order valence-electron chi connectivity index (χ0n) is 17.4. The Balaban J connectivity index is 1.75. The molecule has 0 aliphatic carbocycles.